The van der Waals surface area contributed by atoms with Crippen LogP contribution >= 0.6 is 0 Å². The Balaban J connectivity index is 3.08. The molecule has 0 spiro atoms. The summed E-state index contributed by atoms with van der Waals surface area (Å²) in [6.45, 7) is 3.81. The first kappa shape index (κ1) is 10.2. The smallest absolute Gasteiger partial charge is 0.280 e. The summed E-state index contributed by atoms with van der Waals surface area (Å²) in [7, 11) is 0. The predicted molar refractivity (Wildman–Crippen MR) is 56.1 cm³/mol. The Morgan fingerprint density at radius 2 is 1.93 bits per heavy atom. The second kappa shape index (κ2) is 3.91. The number of nitrogens with two attached hydrogens (primary N) is 2. The summed E-state index contributed by atoms with van der Waals surface area (Å²) in [4.78, 5) is 14.9. The quantitative estimate of drug-likeness (QED) is 0.507. The second-order valence-corrected chi connectivity index (χ2v) is 3.16. The van der Waals surface area contributed by atoms with Crippen LogP contribution in [-0.4, -0.2) is 11.9 Å². The minimum Gasteiger partial charge on any atom is -0.370 e. The van der Waals surface area contributed by atoms with E-state index in [1.54, 1.807) is 6.07 Å². The van der Waals surface area contributed by atoms with E-state index >= 15 is 0 Å². The van der Waals surface area contributed by atoms with Crippen molar-refractivity contribution in [2.24, 2.45) is 16.5 Å². The maximum Gasteiger partial charge on any atom is 0.280 e. The maximum absolute atomic E-state index is 11.4. The number of amides is 1. The molecular weight excluding hydrogens is 178 g/mol. The summed E-state index contributed by atoms with van der Waals surface area (Å²) in [5, 5.41) is 0. The number of guanidine groups is 1. The fourth-order valence-corrected chi connectivity index (χ4v) is 1.23. The molecule has 0 saturated heterocycles. The molecule has 0 unspecified atom stereocenters. The predicted octanol–water partition coefficient (Wildman–Crippen LogP) is 0.717. The number of carbonyl (C=O) groups excluding carboxylic acids is 1. The zero-order valence-corrected chi connectivity index (χ0v) is 8.24. The fourth-order valence-electron chi connectivity index (χ4n) is 1.23. The van der Waals surface area contributed by atoms with Crippen LogP contribution in [0.25, 0.3) is 0 Å². The van der Waals surface area contributed by atoms with E-state index in [1.807, 2.05) is 26.0 Å². The highest BCUT2D eigenvalue weighted by molar-refractivity contribution is 6.02. The monoisotopic (exact) mass is 191 g/mol. The molecule has 1 aromatic rings. The van der Waals surface area contributed by atoms with Crippen LogP contribution in [0.1, 0.15) is 21.5 Å². The summed E-state index contributed by atoms with van der Waals surface area (Å²) >= 11 is 0. The number of hydrogen-bond donors (Lipinski definition) is 2. The molecule has 74 valence electrons. The number of benzene rings is 1. The van der Waals surface area contributed by atoms with Gasteiger partial charge in [-0.15, -0.1) is 0 Å². The van der Waals surface area contributed by atoms with E-state index < -0.39 is 5.91 Å². The lowest BCUT2D eigenvalue weighted by Gasteiger charge is -2.02. The Labute approximate surface area is 82.6 Å². The van der Waals surface area contributed by atoms with Crippen molar-refractivity contribution in [2.75, 3.05) is 0 Å². The summed E-state index contributed by atoms with van der Waals surface area (Å²) < 4.78 is 0. The van der Waals surface area contributed by atoms with Gasteiger partial charge < -0.3 is 11.5 Å². The van der Waals surface area contributed by atoms with Gasteiger partial charge in [0.15, 0.2) is 5.96 Å². The van der Waals surface area contributed by atoms with Crippen molar-refractivity contribution in [2.45, 2.75) is 13.8 Å². The number of aryl methyl sites for hydroxylation is 2. The number of hydrogen-bond acceptors (Lipinski definition) is 1. The van der Waals surface area contributed by atoms with Gasteiger partial charge >= 0.3 is 0 Å². The van der Waals surface area contributed by atoms with Crippen molar-refractivity contribution in [3.8, 4) is 0 Å². The highest BCUT2D eigenvalue weighted by Crippen LogP contribution is 2.11. The molecule has 0 bridgehead atoms. The summed E-state index contributed by atoms with van der Waals surface area (Å²) in [5.74, 6) is -0.613. The lowest BCUT2D eigenvalue weighted by Crippen LogP contribution is -2.24. The standard InChI is InChI=1S/C10H13N3O/c1-6-3-4-8(7(2)5-6)9(14)13-10(11)12/h3-5H,1-2H3,(H4,11,12,13,14). The molecule has 0 saturated carbocycles. The zero-order chi connectivity index (χ0) is 10.7. The van der Waals surface area contributed by atoms with Gasteiger partial charge in [-0.05, 0) is 25.5 Å². The van der Waals surface area contributed by atoms with Crippen LogP contribution in [0.15, 0.2) is 23.2 Å². The first-order valence-electron chi connectivity index (χ1n) is 4.22. The van der Waals surface area contributed by atoms with Gasteiger partial charge in [-0.3, -0.25) is 4.79 Å². The molecule has 1 aromatic carbocycles. The maximum atomic E-state index is 11.4. The molecular formula is C10H13N3O. The van der Waals surface area contributed by atoms with Gasteiger partial charge in [0.2, 0.25) is 0 Å². The third-order valence-corrected chi connectivity index (χ3v) is 1.84. The molecule has 4 heteroatoms. The molecule has 0 aromatic heterocycles. The molecule has 4 nitrogen and oxygen atoms in total. The first-order chi connectivity index (χ1) is 6.50. The molecule has 1 amide bonds. The van der Waals surface area contributed by atoms with Crippen LogP contribution in [0, 0.1) is 13.8 Å². The second-order valence-electron chi connectivity index (χ2n) is 3.16. The number of rotatable bonds is 1. The average Bonchev–Trinajstić information content (AvgIpc) is 2.01. The summed E-state index contributed by atoms with van der Waals surface area (Å²) in [5.41, 5.74) is 12.7. The largest absolute Gasteiger partial charge is 0.370 e. The van der Waals surface area contributed by atoms with Crippen LogP contribution in [0.2, 0.25) is 0 Å². The van der Waals surface area contributed by atoms with Gasteiger partial charge in [0, 0.05) is 5.56 Å². The van der Waals surface area contributed by atoms with E-state index in [-0.39, 0.29) is 5.96 Å². The van der Waals surface area contributed by atoms with E-state index in [9.17, 15) is 4.79 Å². The topological polar surface area (TPSA) is 81.5 Å². The van der Waals surface area contributed by atoms with Gasteiger partial charge in [0.05, 0.1) is 0 Å². The summed E-state index contributed by atoms with van der Waals surface area (Å²) in [6.07, 6.45) is 0. The van der Waals surface area contributed by atoms with Crippen molar-refractivity contribution in [3.05, 3.63) is 34.9 Å². The lowest BCUT2D eigenvalue weighted by molar-refractivity contribution is 0.100. The Bertz CT molecular complexity index is 392. The molecule has 0 radical (unpaired) electrons. The molecule has 14 heavy (non-hydrogen) atoms. The third-order valence-electron chi connectivity index (χ3n) is 1.84. The minimum absolute atomic E-state index is 0.213. The van der Waals surface area contributed by atoms with Gasteiger partial charge in [0.1, 0.15) is 0 Å². The molecule has 0 aliphatic rings. The zero-order valence-electron chi connectivity index (χ0n) is 8.24. The fraction of sp³-hybridized carbons (Fsp3) is 0.200. The highest BCUT2D eigenvalue weighted by Gasteiger charge is 2.07. The first-order valence-corrected chi connectivity index (χ1v) is 4.22. The molecule has 0 fully saturated rings. The lowest BCUT2D eigenvalue weighted by atomic mass is 10.1. The number of carbonyl (C=O) groups is 1. The van der Waals surface area contributed by atoms with Crippen molar-refractivity contribution in [1.29, 1.82) is 0 Å². The Morgan fingerprint density at radius 1 is 1.29 bits per heavy atom. The average molecular weight is 191 g/mol. The van der Waals surface area contributed by atoms with Crippen molar-refractivity contribution < 1.29 is 4.79 Å². The van der Waals surface area contributed by atoms with Crippen LogP contribution in [0.4, 0.5) is 0 Å². The van der Waals surface area contributed by atoms with E-state index in [0.717, 1.165) is 11.1 Å². The summed E-state index contributed by atoms with van der Waals surface area (Å²) in [6, 6.07) is 5.48. The van der Waals surface area contributed by atoms with Gasteiger partial charge in [0.25, 0.3) is 5.91 Å². The van der Waals surface area contributed by atoms with Crippen LogP contribution in [0.5, 0.6) is 0 Å². The normalized spacial score (nSPS) is 9.57. The van der Waals surface area contributed by atoms with E-state index in [0.29, 0.717) is 5.56 Å². The van der Waals surface area contributed by atoms with Gasteiger partial charge in [-0.25, -0.2) is 0 Å². The van der Waals surface area contributed by atoms with Crippen LogP contribution in [-0.2, 0) is 0 Å². The van der Waals surface area contributed by atoms with Crippen LogP contribution in [0.3, 0.4) is 0 Å². The SMILES string of the molecule is Cc1ccc(C(=O)N=C(N)N)c(C)c1. The Morgan fingerprint density at radius 3 is 2.43 bits per heavy atom. The molecule has 4 N–H and O–H groups in total. The van der Waals surface area contributed by atoms with Gasteiger partial charge in [-0.2, -0.15) is 4.99 Å². The molecule has 0 aliphatic heterocycles. The highest BCUT2D eigenvalue weighted by atomic mass is 16.1. The Hall–Kier alpha value is -1.84. The van der Waals surface area contributed by atoms with Gasteiger partial charge in [-0.1, -0.05) is 17.7 Å². The minimum atomic E-state index is -0.400. The van der Waals surface area contributed by atoms with E-state index in [1.165, 1.54) is 0 Å². The molecule has 0 heterocycles. The van der Waals surface area contributed by atoms with Crippen molar-refractivity contribution in [3.63, 3.8) is 0 Å². The van der Waals surface area contributed by atoms with Crippen molar-refractivity contribution in [1.82, 2.24) is 0 Å². The molecule has 1 rings (SSSR count). The van der Waals surface area contributed by atoms with Crippen LogP contribution < -0.4 is 11.5 Å². The Kier molecular flexibility index (Phi) is 2.86. The molecule has 0 aliphatic carbocycles. The van der Waals surface area contributed by atoms with Crippen molar-refractivity contribution >= 4 is 11.9 Å². The third kappa shape index (κ3) is 2.32. The molecule has 0 atom stereocenters. The van der Waals surface area contributed by atoms with E-state index in [4.69, 9.17) is 11.5 Å². The van der Waals surface area contributed by atoms with E-state index in [2.05, 4.69) is 4.99 Å². The number of aliphatic imine (C=N–C) groups is 1. The number of nitrogens with zero attached hydrogens (tertiary/aromatic N) is 1.